The molecule has 2 atom stereocenters. The minimum atomic E-state index is -0.0968. The van der Waals surface area contributed by atoms with Gasteiger partial charge in [-0.05, 0) is 37.3 Å². The normalized spacial score (nSPS) is 24.5. The van der Waals surface area contributed by atoms with E-state index < -0.39 is 0 Å². The van der Waals surface area contributed by atoms with Crippen LogP contribution in [0.2, 0.25) is 0 Å². The van der Waals surface area contributed by atoms with Crippen LogP contribution >= 0.6 is 0 Å². The molecule has 1 aromatic rings. The highest BCUT2D eigenvalue weighted by Crippen LogP contribution is 2.26. The van der Waals surface area contributed by atoms with E-state index in [1.165, 1.54) is 12.8 Å². The van der Waals surface area contributed by atoms with Crippen molar-refractivity contribution in [2.24, 2.45) is 5.92 Å². The van der Waals surface area contributed by atoms with E-state index in [1.54, 1.807) is 6.26 Å². The summed E-state index contributed by atoms with van der Waals surface area (Å²) in [6.45, 7) is 2.23. The van der Waals surface area contributed by atoms with E-state index in [2.05, 4.69) is 6.92 Å². The van der Waals surface area contributed by atoms with Crippen LogP contribution in [0.3, 0.4) is 0 Å². The van der Waals surface area contributed by atoms with Crippen molar-refractivity contribution in [3.8, 4) is 0 Å². The molecule has 0 aliphatic heterocycles. The number of furan rings is 1. The fraction of sp³-hybridized carbons (Fsp3) is 0.643. The Morgan fingerprint density at radius 3 is 3.12 bits per heavy atom. The Bertz CT molecular complexity index is 342. The first kappa shape index (κ1) is 12.2. The Morgan fingerprint density at radius 1 is 1.53 bits per heavy atom. The molecule has 0 radical (unpaired) electrons. The Labute approximate surface area is 102 Å². The van der Waals surface area contributed by atoms with Crippen LogP contribution in [-0.4, -0.2) is 12.1 Å². The Morgan fingerprint density at radius 2 is 2.41 bits per heavy atom. The summed E-state index contributed by atoms with van der Waals surface area (Å²) in [5.41, 5.74) is 0. The molecule has 1 fully saturated rings. The van der Waals surface area contributed by atoms with Crippen molar-refractivity contribution in [3.63, 3.8) is 0 Å². The first-order valence-corrected chi connectivity index (χ1v) is 6.46. The summed E-state index contributed by atoms with van der Waals surface area (Å²) < 4.78 is 10.7. The van der Waals surface area contributed by atoms with Crippen molar-refractivity contribution < 1.29 is 13.9 Å². The minimum absolute atomic E-state index is 0.0968. The van der Waals surface area contributed by atoms with E-state index in [0.29, 0.717) is 18.8 Å². The van der Waals surface area contributed by atoms with Crippen LogP contribution in [-0.2, 0) is 16.0 Å². The molecule has 3 heteroatoms. The SMILES string of the molecule is CC1CCCC(OC(=O)CCc2ccco2)C1. The highest BCUT2D eigenvalue weighted by Gasteiger charge is 2.21. The third kappa shape index (κ3) is 3.91. The zero-order chi connectivity index (χ0) is 12.1. The number of aryl methyl sites for hydroxylation is 1. The Hall–Kier alpha value is -1.25. The number of esters is 1. The fourth-order valence-corrected chi connectivity index (χ4v) is 2.41. The molecular formula is C14H20O3. The van der Waals surface area contributed by atoms with Crippen LogP contribution in [0.4, 0.5) is 0 Å². The average molecular weight is 236 g/mol. The second kappa shape index (κ2) is 5.89. The third-order valence-corrected chi connectivity index (χ3v) is 3.34. The number of rotatable bonds is 4. The minimum Gasteiger partial charge on any atom is -0.469 e. The molecule has 17 heavy (non-hydrogen) atoms. The van der Waals surface area contributed by atoms with Crippen LogP contribution < -0.4 is 0 Å². The summed E-state index contributed by atoms with van der Waals surface area (Å²) in [5.74, 6) is 1.44. The van der Waals surface area contributed by atoms with Gasteiger partial charge in [-0.25, -0.2) is 0 Å². The smallest absolute Gasteiger partial charge is 0.306 e. The molecule has 0 aromatic carbocycles. The highest BCUT2D eigenvalue weighted by molar-refractivity contribution is 5.69. The van der Waals surface area contributed by atoms with Gasteiger partial charge in [0.2, 0.25) is 0 Å². The van der Waals surface area contributed by atoms with Gasteiger partial charge in [-0.2, -0.15) is 0 Å². The highest BCUT2D eigenvalue weighted by atomic mass is 16.5. The van der Waals surface area contributed by atoms with Gasteiger partial charge >= 0.3 is 5.97 Å². The molecule has 0 amide bonds. The van der Waals surface area contributed by atoms with Crippen LogP contribution in [0.1, 0.15) is 44.8 Å². The molecule has 2 unspecified atom stereocenters. The number of hydrogen-bond donors (Lipinski definition) is 0. The van der Waals surface area contributed by atoms with Gasteiger partial charge in [0.1, 0.15) is 11.9 Å². The molecule has 1 aromatic heterocycles. The van der Waals surface area contributed by atoms with Gasteiger partial charge in [-0.1, -0.05) is 13.3 Å². The maximum absolute atomic E-state index is 11.6. The van der Waals surface area contributed by atoms with Gasteiger partial charge in [0.15, 0.2) is 0 Å². The molecule has 1 saturated carbocycles. The molecule has 0 spiro atoms. The zero-order valence-electron chi connectivity index (χ0n) is 10.4. The van der Waals surface area contributed by atoms with Gasteiger partial charge in [0, 0.05) is 6.42 Å². The summed E-state index contributed by atoms with van der Waals surface area (Å²) in [5, 5.41) is 0. The summed E-state index contributed by atoms with van der Waals surface area (Å²) >= 11 is 0. The van der Waals surface area contributed by atoms with Gasteiger partial charge < -0.3 is 9.15 Å². The Kier molecular flexibility index (Phi) is 4.24. The molecule has 1 aliphatic rings. The average Bonchev–Trinajstić information content (AvgIpc) is 2.79. The second-order valence-electron chi connectivity index (χ2n) is 4.96. The van der Waals surface area contributed by atoms with Crippen LogP contribution in [0, 0.1) is 5.92 Å². The lowest BCUT2D eigenvalue weighted by molar-refractivity contribution is -0.151. The summed E-state index contributed by atoms with van der Waals surface area (Å²) in [6.07, 6.45) is 7.31. The van der Waals surface area contributed by atoms with E-state index in [1.807, 2.05) is 12.1 Å². The van der Waals surface area contributed by atoms with E-state index in [-0.39, 0.29) is 12.1 Å². The maximum Gasteiger partial charge on any atom is 0.306 e. The summed E-state index contributed by atoms with van der Waals surface area (Å²) in [7, 11) is 0. The predicted octanol–water partition coefficient (Wildman–Crippen LogP) is 3.33. The first-order valence-electron chi connectivity index (χ1n) is 6.46. The zero-order valence-corrected chi connectivity index (χ0v) is 10.4. The van der Waals surface area contributed by atoms with E-state index in [0.717, 1.165) is 18.6 Å². The lowest BCUT2D eigenvalue weighted by Crippen LogP contribution is -2.24. The van der Waals surface area contributed by atoms with Gasteiger partial charge in [-0.15, -0.1) is 0 Å². The van der Waals surface area contributed by atoms with Crippen molar-refractivity contribution in [1.29, 1.82) is 0 Å². The predicted molar refractivity (Wildman–Crippen MR) is 64.5 cm³/mol. The third-order valence-electron chi connectivity index (χ3n) is 3.34. The van der Waals surface area contributed by atoms with Gasteiger partial charge in [-0.3, -0.25) is 4.79 Å². The van der Waals surface area contributed by atoms with Crippen LogP contribution in [0.5, 0.6) is 0 Å². The first-order chi connectivity index (χ1) is 8.24. The van der Waals surface area contributed by atoms with Crippen molar-refractivity contribution in [3.05, 3.63) is 24.2 Å². The largest absolute Gasteiger partial charge is 0.469 e. The molecule has 2 rings (SSSR count). The molecule has 1 aliphatic carbocycles. The van der Waals surface area contributed by atoms with E-state index >= 15 is 0 Å². The molecule has 0 bridgehead atoms. The van der Waals surface area contributed by atoms with Gasteiger partial charge in [0.05, 0.1) is 12.7 Å². The molecule has 94 valence electrons. The second-order valence-corrected chi connectivity index (χ2v) is 4.96. The van der Waals surface area contributed by atoms with Crippen molar-refractivity contribution in [2.45, 2.75) is 51.6 Å². The van der Waals surface area contributed by atoms with Crippen molar-refractivity contribution in [1.82, 2.24) is 0 Å². The molecule has 0 saturated heterocycles. The quantitative estimate of drug-likeness (QED) is 0.753. The topological polar surface area (TPSA) is 39.4 Å². The Balaban J connectivity index is 1.70. The van der Waals surface area contributed by atoms with E-state index in [9.17, 15) is 4.79 Å². The summed E-state index contributed by atoms with van der Waals surface area (Å²) in [6, 6.07) is 3.72. The van der Waals surface area contributed by atoms with Crippen molar-refractivity contribution >= 4 is 5.97 Å². The maximum atomic E-state index is 11.6. The van der Waals surface area contributed by atoms with E-state index in [4.69, 9.17) is 9.15 Å². The number of carbonyl (C=O) groups is 1. The number of ether oxygens (including phenoxy) is 1. The molecule has 1 heterocycles. The molecular weight excluding hydrogens is 216 g/mol. The fourth-order valence-electron chi connectivity index (χ4n) is 2.41. The molecule has 0 N–H and O–H groups in total. The number of hydrogen-bond acceptors (Lipinski definition) is 3. The lowest BCUT2D eigenvalue weighted by atomic mass is 9.89. The van der Waals surface area contributed by atoms with Crippen LogP contribution in [0.15, 0.2) is 22.8 Å². The summed E-state index contributed by atoms with van der Waals surface area (Å²) in [4.78, 5) is 11.6. The van der Waals surface area contributed by atoms with Crippen LogP contribution in [0.25, 0.3) is 0 Å². The van der Waals surface area contributed by atoms with Crippen molar-refractivity contribution in [2.75, 3.05) is 0 Å². The lowest BCUT2D eigenvalue weighted by Gasteiger charge is -2.26. The monoisotopic (exact) mass is 236 g/mol. The van der Waals surface area contributed by atoms with Gasteiger partial charge in [0.25, 0.3) is 0 Å². The molecule has 3 nitrogen and oxygen atoms in total. The number of carbonyl (C=O) groups excluding carboxylic acids is 1. The standard InChI is InChI=1S/C14H20O3/c1-11-4-2-5-13(10-11)17-14(15)8-7-12-6-3-9-16-12/h3,6,9,11,13H,2,4-5,7-8,10H2,1H3.